The van der Waals surface area contributed by atoms with E-state index in [1.807, 2.05) is 18.2 Å². The first-order valence-electron chi connectivity index (χ1n) is 8.90. The number of nitrogens with zero attached hydrogens (tertiary/aromatic N) is 1. The molecule has 3 rings (SSSR count). The van der Waals surface area contributed by atoms with Crippen molar-refractivity contribution in [3.05, 3.63) is 65.7 Å². The fourth-order valence-electron chi connectivity index (χ4n) is 3.35. The van der Waals surface area contributed by atoms with Crippen molar-refractivity contribution in [2.75, 3.05) is 13.7 Å². The first-order valence-corrected chi connectivity index (χ1v) is 8.90. The highest BCUT2D eigenvalue weighted by atomic mass is 16.5. The zero-order valence-electron chi connectivity index (χ0n) is 15.1. The largest absolute Gasteiger partial charge is 0.496 e. The second-order valence-corrected chi connectivity index (χ2v) is 6.39. The third kappa shape index (κ3) is 4.00. The third-order valence-electron chi connectivity index (χ3n) is 4.75. The minimum Gasteiger partial charge on any atom is -0.496 e. The fraction of sp³-hybridized carbons (Fsp3) is 0.286. The van der Waals surface area contributed by atoms with Gasteiger partial charge in [0.05, 0.1) is 18.7 Å². The van der Waals surface area contributed by atoms with Gasteiger partial charge in [-0.05, 0) is 30.5 Å². The zero-order chi connectivity index (χ0) is 19.2. The molecule has 6 heteroatoms. The molecule has 0 aliphatic carbocycles. The second kappa shape index (κ2) is 8.49. The van der Waals surface area contributed by atoms with Crippen LogP contribution in [0, 0.1) is 0 Å². The summed E-state index contributed by atoms with van der Waals surface area (Å²) < 4.78 is 5.25. The van der Waals surface area contributed by atoms with Crippen LogP contribution in [0.3, 0.4) is 0 Å². The number of ether oxygens (including phenoxy) is 1. The van der Waals surface area contributed by atoms with Crippen molar-refractivity contribution < 1.29 is 19.1 Å². The first-order chi connectivity index (χ1) is 13.2. The maximum atomic E-state index is 13.2. The van der Waals surface area contributed by atoms with Crippen molar-refractivity contribution in [2.45, 2.75) is 24.9 Å². The van der Waals surface area contributed by atoms with Gasteiger partial charge in [-0.2, -0.15) is 0 Å². The van der Waals surface area contributed by atoms with Crippen LogP contribution >= 0.6 is 0 Å². The number of nitrogens with one attached hydrogen (secondary N) is 1. The average Bonchev–Trinajstić information content (AvgIpc) is 3.20. The molecule has 0 bridgehead atoms. The summed E-state index contributed by atoms with van der Waals surface area (Å²) in [5, 5.41) is 2.82. The normalized spacial score (nSPS) is 17.2. The SMILES string of the molecule is COc1ccccc1C(=O)NC(C(=O)N1CCC[C@H]1C=O)c1ccccc1. The van der Waals surface area contributed by atoms with Gasteiger partial charge >= 0.3 is 0 Å². The van der Waals surface area contributed by atoms with Gasteiger partial charge in [0, 0.05) is 6.54 Å². The Balaban J connectivity index is 1.90. The highest BCUT2D eigenvalue weighted by Crippen LogP contribution is 2.24. The molecule has 2 atom stereocenters. The van der Waals surface area contributed by atoms with Gasteiger partial charge in [-0.1, -0.05) is 42.5 Å². The number of aldehydes is 1. The van der Waals surface area contributed by atoms with E-state index in [0.717, 1.165) is 12.7 Å². The van der Waals surface area contributed by atoms with Crippen LogP contribution in [0.5, 0.6) is 5.75 Å². The summed E-state index contributed by atoms with van der Waals surface area (Å²) in [5.41, 5.74) is 1.02. The van der Waals surface area contributed by atoms with Crippen LogP contribution in [0.1, 0.15) is 34.8 Å². The summed E-state index contributed by atoms with van der Waals surface area (Å²) in [7, 11) is 1.49. The summed E-state index contributed by atoms with van der Waals surface area (Å²) in [4.78, 5) is 38.9. The maximum absolute atomic E-state index is 13.2. The Morgan fingerprint density at radius 2 is 1.85 bits per heavy atom. The molecular weight excluding hydrogens is 344 g/mol. The maximum Gasteiger partial charge on any atom is 0.255 e. The van der Waals surface area contributed by atoms with Crippen LogP contribution in [0.15, 0.2) is 54.6 Å². The zero-order valence-corrected chi connectivity index (χ0v) is 15.1. The number of hydrogen-bond donors (Lipinski definition) is 1. The molecular formula is C21H22N2O4. The first kappa shape index (κ1) is 18.6. The molecule has 0 aromatic heterocycles. The van der Waals surface area contributed by atoms with Crippen LogP contribution < -0.4 is 10.1 Å². The van der Waals surface area contributed by atoms with Crippen molar-refractivity contribution in [3.8, 4) is 5.75 Å². The van der Waals surface area contributed by atoms with Crippen LogP contribution in [0.2, 0.25) is 0 Å². The monoisotopic (exact) mass is 366 g/mol. The van der Waals surface area contributed by atoms with Gasteiger partial charge in [-0.15, -0.1) is 0 Å². The van der Waals surface area contributed by atoms with E-state index in [-0.39, 0.29) is 5.91 Å². The Morgan fingerprint density at radius 3 is 2.56 bits per heavy atom. The van der Waals surface area contributed by atoms with Gasteiger partial charge in [0.2, 0.25) is 5.91 Å². The third-order valence-corrected chi connectivity index (χ3v) is 4.75. The molecule has 1 heterocycles. The van der Waals surface area contributed by atoms with Crippen molar-refractivity contribution >= 4 is 18.1 Å². The molecule has 1 N–H and O–H groups in total. The number of para-hydroxylation sites is 1. The molecule has 2 aromatic rings. The number of carbonyl (C=O) groups is 3. The number of methoxy groups -OCH3 is 1. The van der Waals surface area contributed by atoms with E-state index in [4.69, 9.17) is 4.74 Å². The Kier molecular flexibility index (Phi) is 5.86. The summed E-state index contributed by atoms with van der Waals surface area (Å²) in [6, 6.07) is 14.6. The summed E-state index contributed by atoms with van der Waals surface area (Å²) >= 11 is 0. The van der Waals surface area contributed by atoms with E-state index in [0.29, 0.717) is 29.8 Å². The van der Waals surface area contributed by atoms with E-state index >= 15 is 0 Å². The van der Waals surface area contributed by atoms with E-state index in [9.17, 15) is 14.4 Å². The number of likely N-dealkylation sites (tertiary alicyclic amines) is 1. The predicted molar refractivity (Wildman–Crippen MR) is 100 cm³/mol. The van der Waals surface area contributed by atoms with Gasteiger partial charge in [-0.3, -0.25) is 9.59 Å². The summed E-state index contributed by atoms with van der Waals surface area (Å²) in [5.74, 6) is -0.253. The standard InChI is InChI=1S/C21H22N2O4/c1-27-18-12-6-5-11-17(18)20(25)22-19(15-8-3-2-4-9-15)21(26)23-13-7-10-16(23)14-24/h2-6,8-9,11-12,14,16,19H,7,10,13H2,1H3,(H,22,25)/t16-,19?/m0/s1. The summed E-state index contributed by atoms with van der Waals surface area (Å²) in [6.07, 6.45) is 2.23. The molecule has 0 radical (unpaired) electrons. The highest BCUT2D eigenvalue weighted by molar-refractivity contribution is 6.00. The molecule has 1 unspecified atom stereocenters. The van der Waals surface area contributed by atoms with Gasteiger partial charge in [0.25, 0.3) is 5.91 Å². The lowest BCUT2D eigenvalue weighted by molar-refractivity contribution is -0.136. The van der Waals surface area contributed by atoms with Gasteiger partial charge in [-0.25, -0.2) is 0 Å². The van der Waals surface area contributed by atoms with Crippen LogP contribution in [-0.4, -0.2) is 42.7 Å². The molecule has 27 heavy (non-hydrogen) atoms. The number of hydrogen-bond acceptors (Lipinski definition) is 4. The molecule has 1 aliphatic heterocycles. The molecule has 1 saturated heterocycles. The van der Waals surface area contributed by atoms with E-state index < -0.39 is 18.0 Å². The Morgan fingerprint density at radius 1 is 1.15 bits per heavy atom. The lowest BCUT2D eigenvalue weighted by atomic mass is 10.0. The number of amides is 2. The quantitative estimate of drug-likeness (QED) is 0.797. The van der Waals surface area contributed by atoms with Crippen LogP contribution in [0.4, 0.5) is 0 Å². The topological polar surface area (TPSA) is 75.7 Å². The molecule has 2 amide bonds. The van der Waals surface area contributed by atoms with Gasteiger partial charge in [0.15, 0.2) is 0 Å². The average molecular weight is 366 g/mol. The Bertz CT molecular complexity index is 822. The van der Waals surface area contributed by atoms with Crippen LogP contribution in [0.25, 0.3) is 0 Å². The Labute approximate surface area is 158 Å². The van der Waals surface area contributed by atoms with Gasteiger partial charge in [0.1, 0.15) is 18.1 Å². The van der Waals surface area contributed by atoms with Crippen molar-refractivity contribution in [2.24, 2.45) is 0 Å². The molecule has 2 aromatic carbocycles. The number of rotatable bonds is 6. The van der Waals surface area contributed by atoms with E-state index in [1.54, 1.807) is 41.3 Å². The minimum absolute atomic E-state index is 0.279. The van der Waals surface area contributed by atoms with Crippen LogP contribution in [-0.2, 0) is 9.59 Å². The minimum atomic E-state index is -0.871. The molecule has 0 spiro atoms. The number of carbonyl (C=O) groups excluding carboxylic acids is 3. The second-order valence-electron chi connectivity index (χ2n) is 6.39. The van der Waals surface area contributed by atoms with Crippen molar-refractivity contribution in [3.63, 3.8) is 0 Å². The smallest absolute Gasteiger partial charge is 0.255 e. The van der Waals surface area contributed by atoms with E-state index in [1.165, 1.54) is 7.11 Å². The number of benzene rings is 2. The summed E-state index contributed by atoms with van der Waals surface area (Å²) in [6.45, 7) is 0.510. The molecule has 6 nitrogen and oxygen atoms in total. The molecule has 1 fully saturated rings. The van der Waals surface area contributed by atoms with Crippen molar-refractivity contribution in [1.82, 2.24) is 10.2 Å². The van der Waals surface area contributed by atoms with E-state index in [2.05, 4.69) is 5.32 Å². The molecule has 1 aliphatic rings. The molecule has 140 valence electrons. The predicted octanol–water partition coefficient (Wildman–Crippen LogP) is 2.36. The fourth-order valence-corrected chi connectivity index (χ4v) is 3.35. The highest BCUT2D eigenvalue weighted by Gasteiger charge is 2.34. The lowest BCUT2D eigenvalue weighted by Gasteiger charge is -2.27. The molecule has 0 saturated carbocycles. The lowest BCUT2D eigenvalue weighted by Crippen LogP contribution is -2.45. The van der Waals surface area contributed by atoms with Gasteiger partial charge < -0.3 is 19.7 Å². The Hall–Kier alpha value is -3.15. The van der Waals surface area contributed by atoms with Crippen molar-refractivity contribution in [1.29, 1.82) is 0 Å².